The van der Waals surface area contributed by atoms with Crippen LogP contribution in [0.1, 0.15) is 57.7 Å². The van der Waals surface area contributed by atoms with Crippen molar-refractivity contribution >= 4 is 22.6 Å². The maximum absolute atomic E-state index is 13.9. The molecule has 1 aromatic heterocycles. The molecule has 9 nitrogen and oxygen atoms in total. The van der Waals surface area contributed by atoms with Gasteiger partial charge in [0.2, 0.25) is 11.8 Å². The fourth-order valence-electron chi connectivity index (χ4n) is 4.45. The number of aromatic nitrogens is 3. The lowest BCUT2D eigenvalue weighted by molar-refractivity contribution is -0.144. The number of amides is 2. The second-order valence-corrected chi connectivity index (χ2v) is 11.9. The van der Waals surface area contributed by atoms with Crippen molar-refractivity contribution < 1.29 is 23.3 Å². The van der Waals surface area contributed by atoms with E-state index in [1.807, 2.05) is 27.0 Å². The molecule has 0 spiro atoms. The summed E-state index contributed by atoms with van der Waals surface area (Å²) in [7, 11) is -1.62. The molecule has 190 valence electrons. The smallest absolute Gasteiger partial charge is 0.248 e. The number of nitrogens with zero attached hydrogens (tertiary/aromatic N) is 4. The minimum Gasteiger partial charge on any atom is -0.391 e. The lowest BCUT2D eigenvalue weighted by atomic mass is 9.85. The number of nitrogens with one attached hydrogen (secondary N) is 1. The van der Waals surface area contributed by atoms with Crippen LogP contribution in [-0.4, -0.2) is 72.0 Å². The van der Waals surface area contributed by atoms with Crippen molar-refractivity contribution in [2.24, 2.45) is 5.41 Å². The van der Waals surface area contributed by atoms with E-state index >= 15 is 0 Å². The number of carbonyl (C=O) groups is 2. The van der Waals surface area contributed by atoms with Gasteiger partial charge in [0.15, 0.2) is 0 Å². The number of benzene rings is 1. The van der Waals surface area contributed by atoms with E-state index in [9.17, 15) is 23.3 Å². The van der Waals surface area contributed by atoms with Gasteiger partial charge in [-0.05, 0) is 30.4 Å². The third kappa shape index (κ3) is 5.78. The zero-order valence-corrected chi connectivity index (χ0v) is 21.0. The fraction of sp³-hybridized carbons (Fsp3) is 0.583. The Labute approximate surface area is 206 Å². The number of aliphatic hydroxyl groups excluding tert-OH is 1. The molecule has 1 saturated heterocycles. The quantitative estimate of drug-likeness (QED) is 0.565. The number of β-amino-alcohol motifs (C(OH)–C–C–N with tert-alkyl or cyclic N) is 1. The molecule has 0 radical (unpaired) electrons. The molecule has 2 fully saturated rings. The van der Waals surface area contributed by atoms with Crippen LogP contribution in [0, 0.1) is 11.2 Å². The Balaban J connectivity index is 1.43. The van der Waals surface area contributed by atoms with Crippen molar-refractivity contribution in [3.63, 3.8) is 0 Å². The van der Waals surface area contributed by atoms with Gasteiger partial charge < -0.3 is 15.3 Å². The summed E-state index contributed by atoms with van der Waals surface area (Å²) in [6.45, 7) is 5.86. The third-order valence-corrected chi connectivity index (χ3v) is 7.77. The van der Waals surface area contributed by atoms with Crippen LogP contribution in [0.3, 0.4) is 0 Å². The molecule has 2 aromatic rings. The van der Waals surface area contributed by atoms with Crippen LogP contribution in [-0.2, 0) is 20.4 Å². The largest absolute Gasteiger partial charge is 0.391 e. The molecule has 1 saturated carbocycles. The van der Waals surface area contributed by atoms with Crippen LogP contribution in [0.15, 0.2) is 35.4 Å². The number of hydrogen-bond acceptors (Lipinski definition) is 6. The summed E-state index contributed by atoms with van der Waals surface area (Å²) < 4.78 is 27.8. The summed E-state index contributed by atoms with van der Waals surface area (Å²) in [6.07, 6.45) is 3.21. The van der Waals surface area contributed by atoms with Crippen molar-refractivity contribution in [2.75, 3.05) is 18.8 Å². The molecule has 11 heteroatoms. The second-order valence-electron chi connectivity index (χ2n) is 10.3. The van der Waals surface area contributed by atoms with Gasteiger partial charge in [-0.1, -0.05) is 38.1 Å². The first-order valence-electron chi connectivity index (χ1n) is 11.9. The summed E-state index contributed by atoms with van der Waals surface area (Å²) in [5, 5.41) is 21.5. The van der Waals surface area contributed by atoms with Gasteiger partial charge in [-0.2, -0.15) is 0 Å². The van der Waals surface area contributed by atoms with Gasteiger partial charge in [-0.25, -0.2) is 9.07 Å². The Morgan fingerprint density at radius 3 is 2.66 bits per heavy atom. The van der Waals surface area contributed by atoms with E-state index in [1.54, 1.807) is 10.7 Å². The predicted octanol–water partition coefficient (Wildman–Crippen LogP) is 1.77. The van der Waals surface area contributed by atoms with Crippen LogP contribution in [0.5, 0.6) is 0 Å². The van der Waals surface area contributed by atoms with Crippen molar-refractivity contribution in [1.29, 1.82) is 0 Å². The van der Waals surface area contributed by atoms with Gasteiger partial charge in [0.25, 0.3) is 0 Å². The molecule has 1 aliphatic carbocycles. The minimum absolute atomic E-state index is 0.0312. The normalized spacial score (nSPS) is 22.1. The van der Waals surface area contributed by atoms with E-state index in [0.717, 1.165) is 18.5 Å². The van der Waals surface area contributed by atoms with E-state index in [2.05, 4.69) is 15.6 Å². The summed E-state index contributed by atoms with van der Waals surface area (Å²) in [6, 6.07) is 4.25. The van der Waals surface area contributed by atoms with Crippen LogP contribution in [0.4, 0.5) is 4.39 Å². The highest BCUT2D eigenvalue weighted by molar-refractivity contribution is 7.85. The maximum Gasteiger partial charge on any atom is 0.248 e. The molecular formula is C24H32FN5O4S. The Morgan fingerprint density at radius 2 is 2.00 bits per heavy atom. The predicted molar refractivity (Wildman–Crippen MR) is 127 cm³/mol. The molecule has 4 rings (SSSR count). The van der Waals surface area contributed by atoms with Crippen molar-refractivity contribution in [3.8, 4) is 0 Å². The van der Waals surface area contributed by atoms with E-state index in [1.165, 1.54) is 23.1 Å². The fourth-order valence-corrected chi connectivity index (χ4v) is 5.47. The molecule has 2 N–H and O–H groups in total. The van der Waals surface area contributed by atoms with Gasteiger partial charge in [0.1, 0.15) is 17.9 Å². The molecule has 0 bridgehead atoms. The summed E-state index contributed by atoms with van der Waals surface area (Å²) in [4.78, 5) is 28.2. The summed E-state index contributed by atoms with van der Waals surface area (Å²) in [5.74, 6) is -0.883. The van der Waals surface area contributed by atoms with Gasteiger partial charge in [0, 0.05) is 37.4 Å². The highest BCUT2D eigenvalue weighted by Crippen LogP contribution is 2.40. The van der Waals surface area contributed by atoms with Gasteiger partial charge >= 0.3 is 0 Å². The lowest BCUT2D eigenvalue weighted by Crippen LogP contribution is -2.50. The first kappa shape index (κ1) is 25.4. The van der Waals surface area contributed by atoms with E-state index < -0.39 is 46.1 Å². The maximum atomic E-state index is 13.9. The van der Waals surface area contributed by atoms with Gasteiger partial charge in [-0.15, -0.1) is 5.10 Å². The number of aliphatic hydroxyl groups is 1. The average Bonchev–Trinajstić information content (AvgIpc) is 3.40. The van der Waals surface area contributed by atoms with Crippen molar-refractivity contribution in [3.05, 3.63) is 42.0 Å². The Hall–Kier alpha value is -2.66. The molecule has 35 heavy (non-hydrogen) atoms. The van der Waals surface area contributed by atoms with Crippen LogP contribution < -0.4 is 5.32 Å². The Morgan fingerprint density at radius 1 is 1.29 bits per heavy atom. The van der Waals surface area contributed by atoms with Crippen LogP contribution in [0.2, 0.25) is 0 Å². The van der Waals surface area contributed by atoms with Crippen molar-refractivity contribution in [1.82, 2.24) is 25.2 Å². The van der Waals surface area contributed by atoms with E-state index in [4.69, 9.17) is 0 Å². The summed E-state index contributed by atoms with van der Waals surface area (Å²) in [5.41, 5.74) is 0.349. The number of likely N-dealkylation sites (tertiary alicyclic amines) is 1. The number of hydrogen-bond donors (Lipinski definition) is 2. The highest BCUT2D eigenvalue weighted by Gasteiger charge is 2.45. The second kappa shape index (κ2) is 10.1. The zero-order valence-electron chi connectivity index (χ0n) is 20.2. The molecule has 2 amide bonds. The van der Waals surface area contributed by atoms with Gasteiger partial charge in [-0.3, -0.25) is 13.8 Å². The van der Waals surface area contributed by atoms with Gasteiger partial charge in [0.05, 0.1) is 27.5 Å². The molecule has 1 aliphatic heterocycles. The molecule has 1 unspecified atom stereocenters. The molecule has 1 aromatic carbocycles. The highest BCUT2D eigenvalue weighted by atomic mass is 32.2. The number of rotatable bonds is 8. The lowest BCUT2D eigenvalue weighted by Gasteiger charge is -2.34. The number of halogens is 1. The molecule has 2 aliphatic rings. The Bertz CT molecular complexity index is 1110. The molecular weight excluding hydrogens is 473 g/mol. The monoisotopic (exact) mass is 505 g/mol. The minimum atomic E-state index is -1.62. The zero-order chi connectivity index (χ0) is 25.3. The van der Waals surface area contributed by atoms with Crippen LogP contribution in [0.25, 0.3) is 0 Å². The topological polar surface area (TPSA) is 117 Å². The van der Waals surface area contributed by atoms with E-state index in [0.29, 0.717) is 5.92 Å². The van der Waals surface area contributed by atoms with E-state index in [-0.39, 0.29) is 36.1 Å². The first-order valence-corrected chi connectivity index (χ1v) is 13.2. The summed E-state index contributed by atoms with van der Waals surface area (Å²) >= 11 is 0. The standard InChI is InChI=1S/C24H32FN5O4S/c1-24(2,3)21(30-14-18(27-28-30)15-8-9-15)23(33)29-13-16(31)12-19(29)22(32)26-10-11-35(34)20-7-5-4-6-17(20)25/h4-7,14-16,19,21,31H,8-13H2,1-3H3,(H,26,32)/t16-,19+,21-,35?/m1/s1. The molecule has 2 heterocycles. The number of carbonyl (C=O) groups excluding carboxylic acids is 2. The average molecular weight is 506 g/mol. The first-order chi connectivity index (χ1) is 16.6. The molecule has 4 atom stereocenters. The third-order valence-electron chi connectivity index (χ3n) is 6.38. The SMILES string of the molecule is CC(C)(C)[C@@H](C(=O)N1C[C@H](O)C[C@H]1C(=O)NCCS(=O)c1ccccc1F)n1cc(C2CC2)nn1. The van der Waals surface area contributed by atoms with Crippen LogP contribution >= 0.6 is 0 Å². The Kier molecular flexibility index (Phi) is 7.37. The van der Waals surface area contributed by atoms with Crippen molar-refractivity contribution in [2.45, 2.75) is 69.0 Å².